The highest BCUT2D eigenvalue weighted by Crippen LogP contribution is 2.39. The Morgan fingerprint density at radius 1 is 0.741 bits per heavy atom. The molecule has 0 amide bonds. The fourth-order valence-corrected chi connectivity index (χ4v) is 5.78. The lowest BCUT2D eigenvalue weighted by molar-refractivity contribution is 0.415. The molecule has 0 saturated carbocycles. The molecular weight excluding hydrogens is 368 g/mol. The van der Waals surface area contributed by atoms with Crippen molar-refractivity contribution in [3.63, 3.8) is 0 Å². The summed E-state index contributed by atoms with van der Waals surface area (Å²) in [5.74, 6) is 0.892. The van der Waals surface area contributed by atoms with Gasteiger partial charge in [0.2, 0.25) is 0 Å². The van der Waals surface area contributed by atoms with Crippen LogP contribution in [0.1, 0.15) is 31.1 Å². The number of methoxy groups -OCH3 is 1. The van der Waals surface area contributed by atoms with E-state index in [9.17, 15) is 0 Å². The summed E-state index contributed by atoms with van der Waals surface area (Å²) in [6.07, 6.45) is 5.16. The van der Waals surface area contributed by atoms with Crippen molar-refractivity contribution < 1.29 is 4.74 Å². The lowest BCUT2D eigenvalue weighted by Crippen LogP contribution is -1.83. The third kappa shape index (κ3) is 4.10. The van der Waals surface area contributed by atoms with E-state index in [0.29, 0.717) is 0 Å². The third-order valence-corrected chi connectivity index (χ3v) is 7.28. The van der Waals surface area contributed by atoms with E-state index in [4.69, 9.17) is 4.74 Å². The van der Waals surface area contributed by atoms with Crippen molar-refractivity contribution in [2.45, 2.75) is 32.6 Å². The van der Waals surface area contributed by atoms with Crippen LogP contribution in [0.25, 0.3) is 31.0 Å². The van der Waals surface area contributed by atoms with Crippen LogP contribution in [0.2, 0.25) is 0 Å². The van der Waals surface area contributed by atoms with Crippen molar-refractivity contribution in [1.82, 2.24) is 0 Å². The van der Waals surface area contributed by atoms with Gasteiger partial charge >= 0.3 is 0 Å². The Hall–Kier alpha value is -2.10. The number of benzene rings is 2. The third-order valence-electron chi connectivity index (χ3n) is 4.88. The minimum absolute atomic E-state index is 0.892. The molecular formula is C24H24OS2. The zero-order valence-electron chi connectivity index (χ0n) is 15.8. The highest BCUT2D eigenvalue weighted by atomic mass is 32.1. The summed E-state index contributed by atoms with van der Waals surface area (Å²) in [5.41, 5.74) is 3.75. The van der Waals surface area contributed by atoms with Crippen LogP contribution in [0.4, 0.5) is 0 Å². The van der Waals surface area contributed by atoms with Gasteiger partial charge in [0.1, 0.15) is 5.75 Å². The average Bonchev–Trinajstić information content (AvgIpc) is 3.27. The van der Waals surface area contributed by atoms with Crippen LogP contribution >= 0.6 is 22.7 Å². The van der Waals surface area contributed by atoms with E-state index in [0.717, 1.165) is 5.75 Å². The Morgan fingerprint density at radius 3 is 2.00 bits per heavy atom. The van der Waals surface area contributed by atoms with E-state index in [1.165, 1.54) is 61.5 Å². The number of ether oxygens (including phenoxy) is 1. The first kappa shape index (κ1) is 18.3. The van der Waals surface area contributed by atoms with Crippen LogP contribution < -0.4 is 4.74 Å². The zero-order chi connectivity index (χ0) is 18.6. The Balaban J connectivity index is 1.51. The molecule has 0 aliphatic carbocycles. The summed E-state index contributed by atoms with van der Waals surface area (Å²) in [5, 5.41) is 0. The van der Waals surface area contributed by atoms with Crippen molar-refractivity contribution in [1.29, 1.82) is 0 Å². The van der Waals surface area contributed by atoms with Crippen molar-refractivity contribution in [3.8, 4) is 27.3 Å². The second kappa shape index (κ2) is 8.28. The highest BCUT2D eigenvalue weighted by molar-refractivity contribution is 7.29. The molecule has 0 saturated heterocycles. The number of hydrogen-bond acceptors (Lipinski definition) is 3. The van der Waals surface area contributed by atoms with E-state index < -0.39 is 0 Å². The first-order valence-corrected chi connectivity index (χ1v) is 11.2. The first-order valence-electron chi connectivity index (χ1n) is 9.54. The van der Waals surface area contributed by atoms with Gasteiger partial charge < -0.3 is 4.74 Å². The van der Waals surface area contributed by atoms with Gasteiger partial charge in [0.25, 0.3) is 0 Å². The maximum absolute atomic E-state index is 5.24. The summed E-state index contributed by atoms with van der Waals surface area (Å²) < 4.78 is 8.10. The number of unbranched alkanes of at least 4 members (excludes halogenated alkanes) is 2. The van der Waals surface area contributed by atoms with Gasteiger partial charge in [0.15, 0.2) is 0 Å². The number of fused-ring (bicyclic) bond motifs is 1. The lowest BCUT2D eigenvalue weighted by atomic mass is 10.0. The quantitative estimate of drug-likeness (QED) is 0.289. The molecule has 0 aliphatic heterocycles. The van der Waals surface area contributed by atoms with Gasteiger partial charge in [-0.15, -0.1) is 22.7 Å². The van der Waals surface area contributed by atoms with Crippen LogP contribution in [0.5, 0.6) is 5.75 Å². The minimum Gasteiger partial charge on any atom is -0.497 e. The lowest BCUT2D eigenvalue weighted by Gasteiger charge is -2.05. The van der Waals surface area contributed by atoms with E-state index in [2.05, 4.69) is 55.5 Å². The van der Waals surface area contributed by atoms with Crippen molar-refractivity contribution in [2.24, 2.45) is 0 Å². The van der Waals surface area contributed by atoms with Gasteiger partial charge in [0, 0.05) is 19.2 Å². The predicted molar refractivity (Wildman–Crippen MR) is 120 cm³/mol. The molecule has 1 nitrogen and oxygen atoms in total. The smallest absolute Gasteiger partial charge is 0.118 e. The maximum atomic E-state index is 5.24. The molecule has 0 unspecified atom stereocenters. The summed E-state index contributed by atoms with van der Waals surface area (Å²) in [6, 6.07) is 21.9. The minimum atomic E-state index is 0.892. The van der Waals surface area contributed by atoms with E-state index in [-0.39, 0.29) is 0 Å². The normalized spacial score (nSPS) is 11.2. The number of thiophene rings is 2. The van der Waals surface area contributed by atoms with Crippen LogP contribution in [0.15, 0.2) is 60.7 Å². The molecule has 2 aromatic heterocycles. The van der Waals surface area contributed by atoms with E-state index in [1.54, 1.807) is 7.11 Å². The molecule has 3 heteroatoms. The monoisotopic (exact) mass is 392 g/mol. The SMILES string of the molecule is CCCCCc1cc2sc(-c3ccc(-c4ccc(OC)cc4)cc3)cc2s1. The summed E-state index contributed by atoms with van der Waals surface area (Å²) in [7, 11) is 1.70. The van der Waals surface area contributed by atoms with Crippen LogP contribution in [-0.4, -0.2) is 7.11 Å². The fourth-order valence-electron chi connectivity index (χ4n) is 3.31. The Morgan fingerprint density at radius 2 is 1.37 bits per heavy atom. The number of aryl methyl sites for hydroxylation is 1. The molecule has 0 aliphatic rings. The molecule has 0 N–H and O–H groups in total. The van der Waals surface area contributed by atoms with Gasteiger partial charge in [-0.2, -0.15) is 0 Å². The molecule has 2 heterocycles. The van der Waals surface area contributed by atoms with Gasteiger partial charge in [-0.3, -0.25) is 0 Å². The topological polar surface area (TPSA) is 9.23 Å². The van der Waals surface area contributed by atoms with E-state index >= 15 is 0 Å². The maximum Gasteiger partial charge on any atom is 0.118 e. The molecule has 0 radical (unpaired) electrons. The predicted octanol–water partition coefficient (Wildman–Crippen LogP) is 8.04. The van der Waals surface area contributed by atoms with Crippen molar-refractivity contribution >= 4 is 32.1 Å². The molecule has 0 atom stereocenters. The van der Waals surface area contributed by atoms with Gasteiger partial charge in [-0.05, 0) is 53.8 Å². The van der Waals surface area contributed by atoms with Crippen LogP contribution in [0, 0.1) is 0 Å². The standard InChI is InChI=1S/C24H24OS2/c1-3-4-5-6-21-15-23-24(26-21)16-22(27-23)19-9-7-17(8-10-19)18-11-13-20(25-2)14-12-18/h7-16H,3-6H2,1-2H3. The Bertz CT molecular complexity index is 975. The molecule has 0 bridgehead atoms. The van der Waals surface area contributed by atoms with Gasteiger partial charge in [-0.1, -0.05) is 56.2 Å². The van der Waals surface area contributed by atoms with Gasteiger partial charge in [-0.25, -0.2) is 0 Å². The van der Waals surface area contributed by atoms with Crippen LogP contribution in [0.3, 0.4) is 0 Å². The fraction of sp³-hybridized carbons (Fsp3) is 0.250. The highest BCUT2D eigenvalue weighted by Gasteiger charge is 2.09. The number of hydrogen-bond donors (Lipinski definition) is 0. The molecule has 4 aromatic rings. The Kier molecular flexibility index (Phi) is 5.61. The number of rotatable bonds is 7. The summed E-state index contributed by atoms with van der Waals surface area (Å²) in [4.78, 5) is 2.89. The molecule has 27 heavy (non-hydrogen) atoms. The Labute approximate surface area is 169 Å². The van der Waals surface area contributed by atoms with Crippen molar-refractivity contribution in [2.75, 3.05) is 7.11 Å². The van der Waals surface area contributed by atoms with Gasteiger partial charge in [0.05, 0.1) is 7.11 Å². The molecule has 0 spiro atoms. The molecule has 0 fully saturated rings. The second-order valence-electron chi connectivity index (χ2n) is 6.81. The molecule has 138 valence electrons. The molecule has 2 aromatic carbocycles. The average molecular weight is 393 g/mol. The molecule has 4 rings (SSSR count). The first-order chi connectivity index (χ1) is 13.3. The second-order valence-corrected chi connectivity index (χ2v) is 9.07. The summed E-state index contributed by atoms with van der Waals surface area (Å²) >= 11 is 3.88. The zero-order valence-corrected chi connectivity index (χ0v) is 17.5. The van der Waals surface area contributed by atoms with Crippen LogP contribution in [-0.2, 0) is 6.42 Å². The van der Waals surface area contributed by atoms with Crippen molar-refractivity contribution in [3.05, 3.63) is 65.5 Å². The summed E-state index contributed by atoms with van der Waals surface area (Å²) in [6.45, 7) is 2.26. The largest absolute Gasteiger partial charge is 0.497 e. The van der Waals surface area contributed by atoms with E-state index in [1.807, 2.05) is 34.8 Å².